The van der Waals surface area contributed by atoms with Gasteiger partial charge in [-0.25, -0.2) is 0 Å². The Morgan fingerprint density at radius 1 is 1.12 bits per heavy atom. The predicted molar refractivity (Wildman–Crippen MR) is 152 cm³/mol. The van der Waals surface area contributed by atoms with Gasteiger partial charge in [0.1, 0.15) is 23.2 Å². The van der Waals surface area contributed by atoms with Gasteiger partial charge in [0.15, 0.2) is 17.1 Å². The first-order chi connectivity index (χ1) is 20.0. The number of anilines is 1. The quantitative estimate of drug-likeness (QED) is 0.137. The number of phenols is 1. The Labute approximate surface area is 246 Å². The van der Waals surface area contributed by atoms with Crippen molar-refractivity contribution in [3.63, 3.8) is 0 Å². The van der Waals surface area contributed by atoms with E-state index >= 15 is 0 Å². The Morgan fingerprint density at radius 3 is 2.28 bits per heavy atom. The molecule has 0 aromatic heterocycles. The fourth-order valence-electron chi connectivity index (χ4n) is 6.18. The summed E-state index contributed by atoms with van der Waals surface area (Å²) in [5, 5.41) is 48.4. The van der Waals surface area contributed by atoms with Crippen molar-refractivity contribution in [1.82, 2.24) is 9.80 Å². The lowest BCUT2D eigenvalue weighted by molar-refractivity contribution is -0.181. The van der Waals surface area contributed by atoms with Gasteiger partial charge in [-0.05, 0) is 45.4 Å². The standard InChI is InChI=1S/C29H34N4O10/c1-7-15(35)43-25-16-11(2)12-8-9-13(31-14(34)10-32(3)4)22(36)17(12)23(37)18(16)26(39)29(42)20(25)21(33(5)6)24(38)19(27(29)40)28(30)41/h8-9,16,20-21,25,36-37,40,42H,2,7,10H2,1,3-6H3,(H2,30,41)(H,31,34)/t16-,20-,21+,25+,29+/m1/s1. The maximum atomic E-state index is 14.2. The molecule has 1 saturated carbocycles. The van der Waals surface area contributed by atoms with Crippen molar-refractivity contribution in [2.45, 2.75) is 31.1 Å². The zero-order valence-corrected chi connectivity index (χ0v) is 24.3. The average Bonchev–Trinajstić information content (AvgIpc) is 2.90. The molecular weight excluding hydrogens is 564 g/mol. The lowest BCUT2D eigenvalue weighted by atomic mass is 9.55. The molecule has 0 unspecified atom stereocenters. The van der Waals surface area contributed by atoms with Crippen LogP contribution >= 0.6 is 0 Å². The summed E-state index contributed by atoms with van der Waals surface area (Å²) in [5.74, 6) is -10.9. The highest BCUT2D eigenvalue weighted by molar-refractivity contribution is 6.25. The van der Waals surface area contributed by atoms with E-state index in [2.05, 4.69) is 11.9 Å². The number of fused-ring (bicyclic) bond motifs is 3. The van der Waals surface area contributed by atoms with Gasteiger partial charge in [0.05, 0.1) is 41.2 Å². The van der Waals surface area contributed by atoms with Crippen LogP contribution in [-0.4, -0.2) is 112 Å². The fraction of sp³-hybridized carbons (Fsp3) is 0.414. The summed E-state index contributed by atoms with van der Waals surface area (Å²) in [7, 11) is 6.17. The molecule has 230 valence electrons. The first-order valence-corrected chi connectivity index (χ1v) is 13.3. The monoisotopic (exact) mass is 598 g/mol. The van der Waals surface area contributed by atoms with Crippen molar-refractivity contribution in [2.75, 3.05) is 40.1 Å². The molecule has 3 aliphatic rings. The fourth-order valence-corrected chi connectivity index (χ4v) is 6.18. The molecule has 0 bridgehead atoms. The second-order valence-corrected chi connectivity index (χ2v) is 11.2. The van der Waals surface area contributed by atoms with E-state index in [0.717, 1.165) is 0 Å². The third kappa shape index (κ3) is 4.67. The van der Waals surface area contributed by atoms with E-state index in [1.807, 2.05) is 0 Å². The second kappa shape index (κ2) is 10.9. The van der Waals surface area contributed by atoms with Crippen LogP contribution in [0.2, 0.25) is 0 Å². The number of carbonyl (C=O) groups excluding carboxylic acids is 5. The summed E-state index contributed by atoms with van der Waals surface area (Å²) in [6.45, 7) is 5.51. The molecule has 1 fully saturated rings. The molecule has 0 spiro atoms. The van der Waals surface area contributed by atoms with Gasteiger partial charge in [-0.2, -0.15) is 0 Å². The van der Waals surface area contributed by atoms with Crippen molar-refractivity contribution in [1.29, 1.82) is 0 Å². The summed E-state index contributed by atoms with van der Waals surface area (Å²) < 4.78 is 5.73. The van der Waals surface area contributed by atoms with Gasteiger partial charge in [-0.3, -0.25) is 28.9 Å². The van der Waals surface area contributed by atoms with Crippen LogP contribution in [0, 0.1) is 11.8 Å². The summed E-state index contributed by atoms with van der Waals surface area (Å²) in [5.41, 5.74) is 0.467. The molecule has 0 saturated heterocycles. The number of carbonyl (C=O) groups is 5. The lowest BCUT2D eigenvalue weighted by Crippen LogP contribution is -2.70. The number of esters is 1. The molecule has 43 heavy (non-hydrogen) atoms. The van der Waals surface area contributed by atoms with Gasteiger partial charge < -0.3 is 41.1 Å². The van der Waals surface area contributed by atoms with E-state index in [-0.39, 0.29) is 35.4 Å². The van der Waals surface area contributed by atoms with Crippen molar-refractivity contribution in [3.8, 4) is 5.75 Å². The number of nitrogens with one attached hydrogen (secondary N) is 1. The SMILES string of the molecule is C=C1c2ccc(NC(=O)CN(C)C)c(O)c2C(O)=C2C(=O)[C@]3(O)C(O)=C(C(N)=O)C(=O)[C@@H](N(C)C)[C@@H]3[C@@H](OC(=O)CC)[C@H]12. The maximum Gasteiger partial charge on any atom is 0.305 e. The number of primary amides is 1. The number of amides is 2. The first-order valence-electron chi connectivity index (χ1n) is 13.3. The summed E-state index contributed by atoms with van der Waals surface area (Å²) in [6, 6.07) is 1.29. The zero-order valence-electron chi connectivity index (χ0n) is 24.3. The largest absolute Gasteiger partial charge is 0.508 e. The highest BCUT2D eigenvalue weighted by Crippen LogP contribution is 2.57. The van der Waals surface area contributed by atoms with Crippen LogP contribution in [0.5, 0.6) is 5.75 Å². The first kappa shape index (κ1) is 31.4. The molecule has 2 amide bonds. The molecule has 0 radical (unpaired) electrons. The van der Waals surface area contributed by atoms with Gasteiger partial charge in [-0.15, -0.1) is 0 Å². The number of likely N-dealkylation sites (N-methyl/N-ethyl adjacent to an activating group) is 2. The van der Waals surface area contributed by atoms with Gasteiger partial charge in [-0.1, -0.05) is 19.6 Å². The topological polar surface area (TPSA) is 220 Å². The van der Waals surface area contributed by atoms with Crippen LogP contribution in [0.25, 0.3) is 11.3 Å². The number of ether oxygens (including phenoxy) is 1. The van der Waals surface area contributed by atoms with E-state index in [0.29, 0.717) is 0 Å². The predicted octanol–water partition coefficient (Wildman–Crippen LogP) is -0.133. The Balaban J connectivity index is 2.04. The number of Topliss-reactive ketones (excluding diaryl/α,β-unsaturated/α-hetero) is 2. The van der Waals surface area contributed by atoms with Crippen molar-refractivity contribution >= 4 is 46.4 Å². The van der Waals surface area contributed by atoms with E-state index in [9.17, 15) is 44.4 Å². The molecule has 0 heterocycles. The van der Waals surface area contributed by atoms with Crippen molar-refractivity contribution in [2.24, 2.45) is 17.6 Å². The summed E-state index contributed by atoms with van der Waals surface area (Å²) >= 11 is 0. The third-order valence-corrected chi connectivity index (χ3v) is 8.00. The molecule has 5 atom stereocenters. The number of phenolic OH excluding ortho intramolecular Hbond substituents is 1. The highest BCUT2D eigenvalue weighted by atomic mass is 16.5. The molecule has 1 aromatic carbocycles. The third-order valence-electron chi connectivity index (χ3n) is 8.00. The van der Waals surface area contributed by atoms with E-state index in [4.69, 9.17) is 10.5 Å². The molecule has 14 nitrogen and oxygen atoms in total. The van der Waals surface area contributed by atoms with Crippen molar-refractivity contribution < 1.29 is 49.1 Å². The minimum absolute atomic E-state index is 0.0324. The van der Waals surface area contributed by atoms with Crippen molar-refractivity contribution in [3.05, 3.63) is 46.7 Å². The van der Waals surface area contributed by atoms with E-state index in [1.165, 1.54) is 38.1 Å². The molecule has 1 aromatic rings. The number of aliphatic hydroxyl groups excluding tert-OH is 2. The Kier molecular flexibility index (Phi) is 8.00. The molecule has 14 heteroatoms. The lowest BCUT2D eigenvalue weighted by Gasteiger charge is -2.53. The minimum Gasteiger partial charge on any atom is -0.508 e. The number of hydrogen-bond acceptors (Lipinski definition) is 12. The molecule has 4 rings (SSSR count). The Morgan fingerprint density at radius 2 is 1.74 bits per heavy atom. The molecule has 0 aliphatic heterocycles. The number of nitrogens with zero attached hydrogens (tertiary/aromatic N) is 2. The van der Waals surface area contributed by atoms with Crippen LogP contribution in [0.15, 0.2) is 35.6 Å². The van der Waals surface area contributed by atoms with Crippen LogP contribution in [0.3, 0.4) is 0 Å². The summed E-state index contributed by atoms with van der Waals surface area (Å²) in [6.07, 6.45) is -1.73. The van der Waals surface area contributed by atoms with Crippen LogP contribution in [0.4, 0.5) is 5.69 Å². The number of nitrogens with two attached hydrogens (primary N) is 1. The number of rotatable bonds is 7. The summed E-state index contributed by atoms with van der Waals surface area (Å²) in [4.78, 5) is 68.0. The number of aromatic hydroxyl groups is 1. The van der Waals surface area contributed by atoms with Crippen LogP contribution in [0.1, 0.15) is 24.5 Å². The number of benzene rings is 1. The Bertz CT molecular complexity index is 1540. The smallest absolute Gasteiger partial charge is 0.305 e. The van der Waals surface area contributed by atoms with Gasteiger partial charge in [0.2, 0.25) is 11.7 Å². The number of aliphatic hydroxyl groups is 3. The van der Waals surface area contributed by atoms with Gasteiger partial charge >= 0.3 is 5.97 Å². The normalized spacial score (nSPS) is 26.7. The highest BCUT2D eigenvalue weighted by Gasteiger charge is 2.69. The number of hydrogen-bond donors (Lipinski definition) is 6. The molecule has 7 N–H and O–H groups in total. The van der Waals surface area contributed by atoms with Crippen LogP contribution in [-0.2, 0) is 28.7 Å². The van der Waals surface area contributed by atoms with Gasteiger partial charge in [0.25, 0.3) is 5.91 Å². The minimum atomic E-state index is -3.07. The van der Waals surface area contributed by atoms with Crippen LogP contribution < -0.4 is 11.1 Å². The molecular formula is C29H34N4O10. The number of ketones is 2. The average molecular weight is 599 g/mol. The second-order valence-electron chi connectivity index (χ2n) is 11.2. The Hall–Kier alpha value is -4.53. The maximum absolute atomic E-state index is 14.2. The van der Waals surface area contributed by atoms with E-state index < -0.39 is 87.3 Å². The van der Waals surface area contributed by atoms with Gasteiger partial charge in [0, 0.05) is 6.42 Å². The molecule has 3 aliphatic carbocycles. The zero-order chi connectivity index (χ0) is 32.3. The van der Waals surface area contributed by atoms with E-state index in [1.54, 1.807) is 19.0 Å².